The lowest BCUT2D eigenvalue weighted by Crippen LogP contribution is -2.37. The molecule has 0 saturated heterocycles. The summed E-state index contributed by atoms with van der Waals surface area (Å²) in [5, 5.41) is 10.7. The lowest BCUT2D eigenvalue weighted by atomic mass is 10.0. The maximum absolute atomic E-state index is 11.6. The molecular weight excluding hydrogens is 332 g/mol. The monoisotopic (exact) mass is 342 g/mol. The number of rotatable bonds is 1. The Balaban J connectivity index is 2.09. The van der Waals surface area contributed by atoms with Gasteiger partial charge < -0.3 is 15.0 Å². The van der Waals surface area contributed by atoms with Gasteiger partial charge in [0.1, 0.15) is 6.61 Å². The van der Waals surface area contributed by atoms with Crippen molar-refractivity contribution < 1.29 is 9.90 Å². The number of nitrogens with one attached hydrogen (secondary N) is 1. The average molecular weight is 344 g/mol. The maximum Gasteiger partial charge on any atom is 0.248 e. The number of benzene rings is 1. The number of fused-ring (bicyclic) bond motifs is 3. The number of halogens is 2. The molecule has 1 amide bonds. The van der Waals surface area contributed by atoms with Gasteiger partial charge in [-0.3, -0.25) is 4.79 Å². The van der Waals surface area contributed by atoms with Crippen molar-refractivity contribution in [2.75, 3.05) is 13.2 Å². The lowest BCUT2D eigenvalue weighted by Gasteiger charge is -2.26. The second kappa shape index (κ2) is 4.81. The second-order valence-electron chi connectivity index (χ2n) is 4.59. The number of hydrogen-bond acceptors (Lipinski definition) is 2. The van der Waals surface area contributed by atoms with E-state index < -0.39 is 6.61 Å². The summed E-state index contributed by atoms with van der Waals surface area (Å²) >= 11 is 9.68. The van der Waals surface area contributed by atoms with Gasteiger partial charge in [0.25, 0.3) is 0 Å². The Kier molecular flexibility index (Phi) is 3.28. The lowest BCUT2D eigenvalue weighted by molar-refractivity contribution is -0.135. The van der Waals surface area contributed by atoms with Crippen LogP contribution in [0.2, 0.25) is 5.02 Å². The van der Waals surface area contributed by atoms with Crippen molar-refractivity contribution in [1.82, 2.24) is 9.88 Å². The molecule has 0 radical (unpaired) electrons. The second-order valence-corrected chi connectivity index (χ2v) is 5.82. The molecule has 0 bridgehead atoms. The first-order valence-corrected chi connectivity index (χ1v) is 7.15. The van der Waals surface area contributed by atoms with Crippen LogP contribution < -0.4 is 0 Å². The Labute approximate surface area is 123 Å². The summed E-state index contributed by atoms with van der Waals surface area (Å²) in [4.78, 5) is 16.6. The molecule has 100 valence electrons. The molecule has 1 aliphatic heterocycles. The highest BCUT2D eigenvalue weighted by Crippen LogP contribution is 2.35. The summed E-state index contributed by atoms with van der Waals surface area (Å²) < 4.78 is 0.851. The number of carbonyl (C=O) groups is 1. The van der Waals surface area contributed by atoms with Crippen molar-refractivity contribution in [2.24, 2.45) is 0 Å². The van der Waals surface area contributed by atoms with Gasteiger partial charge >= 0.3 is 0 Å². The molecule has 1 aromatic carbocycles. The predicted octanol–water partition coefficient (Wildman–Crippen LogP) is 2.46. The van der Waals surface area contributed by atoms with Crippen molar-refractivity contribution >= 4 is 44.3 Å². The van der Waals surface area contributed by atoms with Crippen LogP contribution >= 0.6 is 27.5 Å². The highest BCUT2D eigenvalue weighted by Gasteiger charge is 2.24. The van der Waals surface area contributed by atoms with E-state index >= 15 is 0 Å². The Bertz CT molecular complexity index is 668. The minimum atomic E-state index is -0.440. The topological polar surface area (TPSA) is 56.3 Å². The van der Waals surface area contributed by atoms with Crippen molar-refractivity contribution in [3.05, 3.63) is 32.9 Å². The van der Waals surface area contributed by atoms with Crippen molar-refractivity contribution in [1.29, 1.82) is 0 Å². The van der Waals surface area contributed by atoms with E-state index in [9.17, 15) is 4.79 Å². The standard InChI is InChI=1S/C13H12BrClN2O2/c14-9-2-1-7-8-5-17(11(19)6-18)4-3-10(8)16-13(7)12(9)15/h1-2,16,18H,3-6H2. The molecule has 19 heavy (non-hydrogen) atoms. The molecular formula is C13H12BrClN2O2. The minimum Gasteiger partial charge on any atom is -0.387 e. The molecule has 2 aromatic rings. The number of amides is 1. The van der Waals surface area contributed by atoms with E-state index in [1.54, 1.807) is 4.90 Å². The first-order chi connectivity index (χ1) is 9.11. The third kappa shape index (κ3) is 2.06. The zero-order chi connectivity index (χ0) is 13.6. The van der Waals surface area contributed by atoms with Gasteiger partial charge in [-0.1, -0.05) is 17.7 Å². The summed E-state index contributed by atoms with van der Waals surface area (Å²) in [6.45, 7) is 0.703. The van der Waals surface area contributed by atoms with Crippen LogP contribution in [0.5, 0.6) is 0 Å². The quantitative estimate of drug-likeness (QED) is 0.836. The van der Waals surface area contributed by atoms with Crippen molar-refractivity contribution in [2.45, 2.75) is 13.0 Å². The molecule has 0 fully saturated rings. The Morgan fingerprint density at radius 3 is 3.05 bits per heavy atom. The van der Waals surface area contributed by atoms with Crippen LogP contribution in [0, 0.1) is 0 Å². The van der Waals surface area contributed by atoms with Crippen LogP contribution in [0.1, 0.15) is 11.3 Å². The number of aliphatic hydroxyl groups excluding tert-OH is 1. The summed E-state index contributed by atoms with van der Waals surface area (Å²) in [7, 11) is 0. The van der Waals surface area contributed by atoms with E-state index in [-0.39, 0.29) is 5.91 Å². The fraction of sp³-hybridized carbons (Fsp3) is 0.308. The Morgan fingerprint density at radius 2 is 2.32 bits per heavy atom. The van der Waals surface area contributed by atoms with Crippen molar-refractivity contribution in [3.8, 4) is 0 Å². The van der Waals surface area contributed by atoms with Crippen LogP contribution in [0.25, 0.3) is 10.9 Å². The summed E-state index contributed by atoms with van der Waals surface area (Å²) in [5.41, 5.74) is 3.12. The van der Waals surface area contributed by atoms with Crippen molar-refractivity contribution in [3.63, 3.8) is 0 Å². The Morgan fingerprint density at radius 1 is 1.53 bits per heavy atom. The zero-order valence-corrected chi connectivity index (χ0v) is 12.4. The summed E-state index contributed by atoms with van der Waals surface area (Å²) in [6.07, 6.45) is 0.754. The molecule has 4 nitrogen and oxygen atoms in total. The first-order valence-electron chi connectivity index (χ1n) is 5.98. The smallest absolute Gasteiger partial charge is 0.248 e. The van der Waals surface area contributed by atoms with Gasteiger partial charge in [0, 0.05) is 40.6 Å². The molecule has 3 rings (SSSR count). The summed E-state index contributed by atoms with van der Waals surface area (Å²) in [6, 6.07) is 3.90. The van der Waals surface area contributed by atoms with E-state index in [1.165, 1.54) is 0 Å². The van der Waals surface area contributed by atoms with E-state index in [0.717, 1.165) is 33.1 Å². The Hall–Kier alpha value is -1.04. The van der Waals surface area contributed by atoms with Gasteiger partial charge in [-0.15, -0.1) is 0 Å². The SMILES string of the molecule is O=C(CO)N1CCc2[nH]c3c(Cl)c(Br)ccc3c2C1. The zero-order valence-electron chi connectivity index (χ0n) is 10.0. The molecule has 0 unspecified atom stereocenters. The highest BCUT2D eigenvalue weighted by molar-refractivity contribution is 9.10. The van der Waals surface area contributed by atoms with E-state index in [2.05, 4.69) is 20.9 Å². The van der Waals surface area contributed by atoms with E-state index in [4.69, 9.17) is 16.7 Å². The number of carbonyl (C=O) groups excluding carboxylic acids is 1. The molecule has 0 aliphatic carbocycles. The van der Waals surface area contributed by atoms with Crippen LogP contribution in [0.15, 0.2) is 16.6 Å². The van der Waals surface area contributed by atoms with Crippen LogP contribution in [-0.2, 0) is 17.8 Å². The minimum absolute atomic E-state index is 0.233. The van der Waals surface area contributed by atoms with Gasteiger partial charge in [0.05, 0.1) is 10.5 Å². The van der Waals surface area contributed by atoms with E-state index in [1.807, 2.05) is 12.1 Å². The van der Waals surface area contributed by atoms with Crippen LogP contribution in [0.4, 0.5) is 0 Å². The number of aromatic nitrogens is 1. The molecule has 2 N–H and O–H groups in total. The van der Waals surface area contributed by atoms with Gasteiger partial charge in [-0.2, -0.15) is 0 Å². The van der Waals surface area contributed by atoms with Crippen LogP contribution in [-0.4, -0.2) is 34.0 Å². The number of H-pyrrole nitrogens is 1. The van der Waals surface area contributed by atoms with Gasteiger partial charge in [-0.05, 0) is 22.0 Å². The third-order valence-electron chi connectivity index (χ3n) is 3.53. The number of hydrogen-bond donors (Lipinski definition) is 2. The number of nitrogens with zero attached hydrogens (tertiary/aromatic N) is 1. The number of aliphatic hydroxyl groups is 1. The van der Waals surface area contributed by atoms with Gasteiger partial charge in [-0.25, -0.2) is 0 Å². The molecule has 0 saturated carbocycles. The fourth-order valence-corrected chi connectivity index (χ4v) is 3.08. The molecule has 1 aromatic heterocycles. The normalized spacial score (nSPS) is 14.8. The summed E-state index contributed by atoms with van der Waals surface area (Å²) in [5.74, 6) is -0.233. The average Bonchev–Trinajstić information content (AvgIpc) is 2.80. The van der Waals surface area contributed by atoms with E-state index in [0.29, 0.717) is 18.1 Å². The third-order valence-corrected chi connectivity index (χ3v) is 4.81. The fourth-order valence-electron chi connectivity index (χ4n) is 2.54. The molecule has 2 heterocycles. The van der Waals surface area contributed by atoms with Gasteiger partial charge in [0.15, 0.2) is 0 Å². The molecule has 0 spiro atoms. The van der Waals surface area contributed by atoms with Gasteiger partial charge in [0.2, 0.25) is 5.91 Å². The predicted molar refractivity (Wildman–Crippen MR) is 77.2 cm³/mol. The molecule has 6 heteroatoms. The molecule has 0 atom stereocenters. The maximum atomic E-state index is 11.6. The molecule has 1 aliphatic rings. The largest absolute Gasteiger partial charge is 0.387 e. The number of aromatic amines is 1. The highest BCUT2D eigenvalue weighted by atomic mass is 79.9. The first kappa shape index (κ1) is 13.0. The van der Waals surface area contributed by atoms with Crippen LogP contribution in [0.3, 0.4) is 0 Å².